The molecule has 74 valence electrons. The quantitative estimate of drug-likeness (QED) is 0.605. The van der Waals surface area contributed by atoms with Crippen LogP contribution in [-0.2, 0) is 11.3 Å². The van der Waals surface area contributed by atoms with Crippen molar-refractivity contribution >= 4 is 18.1 Å². The predicted octanol–water partition coefficient (Wildman–Crippen LogP) is 0.423. The number of rotatable bonds is 4. The zero-order chi connectivity index (χ0) is 10.4. The van der Waals surface area contributed by atoms with E-state index >= 15 is 0 Å². The van der Waals surface area contributed by atoms with Crippen molar-refractivity contribution in [1.82, 2.24) is 5.32 Å². The summed E-state index contributed by atoms with van der Waals surface area (Å²) >= 11 is 0. The number of hydrogen-bond acceptors (Lipinski definition) is 2. The highest BCUT2D eigenvalue weighted by molar-refractivity contribution is 5.72. The molecule has 0 heterocycles. The Morgan fingerprint density at radius 3 is 2.50 bits per heavy atom. The molecule has 0 bridgehead atoms. The van der Waals surface area contributed by atoms with Gasteiger partial charge in [-0.25, -0.2) is 4.79 Å². The van der Waals surface area contributed by atoms with Crippen molar-refractivity contribution in [3.05, 3.63) is 29.8 Å². The minimum absolute atomic E-state index is 0.386. The number of primary amides is 1. The van der Waals surface area contributed by atoms with E-state index in [4.69, 9.17) is 5.73 Å². The van der Waals surface area contributed by atoms with Gasteiger partial charge in [0.2, 0.25) is 6.41 Å². The Morgan fingerprint density at radius 1 is 1.36 bits per heavy atom. The van der Waals surface area contributed by atoms with Crippen LogP contribution in [0.15, 0.2) is 24.3 Å². The fourth-order valence-corrected chi connectivity index (χ4v) is 0.976. The Bertz CT molecular complexity index is 321. The second kappa shape index (κ2) is 4.86. The van der Waals surface area contributed by atoms with Crippen molar-refractivity contribution in [3.63, 3.8) is 0 Å². The Labute approximate surface area is 81.3 Å². The average molecular weight is 193 g/mol. The van der Waals surface area contributed by atoms with Crippen LogP contribution < -0.4 is 16.4 Å². The van der Waals surface area contributed by atoms with Crippen molar-refractivity contribution in [3.8, 4) is 0 Å². The molecule has 0 saturated carbocycles. The van der Waals surface area contributed by atoms with E-state index < -0.39 is 6.03 Å². The molecule has 0 atom stereocenters. The molecule has 0 aliphatic carbocycles. The van der Waals surface area contributed by atoms with Gasteiger partial charge in [0.25, 0.3) is 0 Å². The van der Waals surface area contributed by atoms with E-state index in [1.807, 2.05) is 0 Å². The third-order valence-corrected chi connectivity index (χ3v) is 1.65. The molecular formula is C9H11N3O2. The van der Waals surface area contributed by atoms with Crippen LogP contribution in [0.3, 0.4) is 0 Å². The lowest BCUT2D eigenvalue weighted by atomic mass is 10.2. The van der Waals surface area contributed by atoms with Crippen molar-refractivity contribution in [2.24, 2.45) is 5.73 Å². The minimum atomic E-state index is -0.555. The van der Waals surface area contributed by atoms with Gasteiger partial charge >= 0.3 is 6.03 Å². The normalized spacial score (nSPS) is 9.14. The average Bonchev–Trinajstić information content (AvgIpc) is 2.17. The Balaban J connectivity index is 2.54. The summed E-state index contributed by atoms with van der Waals surface area (Å²) in [5.74, 6) is 0. The van der Waals surface area contributed by atoms with Gasteiger partial charge < -0.3 is 16.4 Å². The summed E-state index contributed by atoms with van der Waals surface area (Å²) in [5.41, 5.74) is 6.54. The standard InChI is InChI=1S/C9H11N3O2/c10-9(14)11-5-7-1-3-8(4-2-7)12-6-13/h1-4,6H,5H2,(H,12,13)(H3,10,11,14). The van der Waals surface area contributed by atoms with Crippen LogP contribution in [-0.4, -0.2) is 12.4 Å². The van der Waals surface area contributed by atoms with Crippen molar-refractivity contribution in [2.45, 2.75) is 6.54 Å². The van der Waals surface area contributed by atoms with Gasteiger partial charge in [0.05, 0.1) is 0 Å². The van der Waals surface area contributed by atoms with Crippen LogP contribution in [0.1, 0.15) is 5.56 Å². The fraction of sp³-hybridized carbons (Fsp3) is 0.111. The van der Waals surface area contributed by atoms with Gasteiger partial charge in [0, 0.05) is 12.2 Å². The molecule has 0 radical (unpaired) electrons. The van der Waals surface area contributed by atoms with Crippen LogP contribution in [0.2, 0.25) is 0 Å². The molecule has 1 aromatic carbocycles. The van der Waals surface area contributed by atoms with E-state index in [-0.39, 0.29) is 0 Å². The van der Waals surface area contributed by atoms with Crippen LogP contribution in [0.4, 0.5) is 10.5 Å². The molecule has 5 heteroatoms. The summed E-state index contributed by atoms with van der Waals surface area (Å²) in [4.78, 5) is 20.5. The predicted molar refractivity (Wildman–Crippen MR) is 52.6 cm³/mol. The first-order valence-electron chi connectivity index (χ1n) is 4.05. The van der Waals surface area contributed by atoms with Gasteiger partial charge in [0.1, 0.15) is 0 Å². The number of urea groups is 1. The molecule has 0 saturated heterocycles. The Hall–Kier alpha value is -2.04. The molecule has 1 aromatic rings. The van der Waals surface area contributed by atoms with Gasteiger partial charge in [-0.2, -0.15) is 0 Å². The first-order valence-corrected chi connectivity index (χ1v) is 4.05. The number of benzene rings is 1. The van der Waals surface area contributed by atoms with Gasteiger partial charge in [-0.3, -0.25) is 4.79 Å². The van der Waals surface area contributed by atoms with E-state index in [9.17, 15) is 9.59 Å². The van der Waals surface area contributed by atoms with Crippen molar-refractivity contribution in [1.29, 1.82) is 0 Å². The highest BCUT2D eigenvalue weighted by atomic mass is 16.2. The zero-order valence-electron chi connectivity index (χ0n) is 7.49. The molecule has 0 spiro atoms. The SMILES string of the molecule is NC(=O)NCc1ccc(NC=O)cc1. The molecule has 14 heavy (non-hydrogen) atoms. The number of amides is 3. The van der Waals surface area contributed by atoms with Crippen molar-refractivity contribution < 1.29 is 9.59 Å². The smallest absolute Gasteiger partial charge is 0.312 e. The maximum absolute atomic E-state index is 10.4. The molecule has 0 unspecified atom stereocenters. The van der Waals surface area contributed by atoms with Crippen LogP contribution in [0, 0.1) is 0 Å². The van der Waals surface area contributed by atoms with Crippen LogP contribution >= 0.6 is 0 Å². The Morgan fingerprint density at radius 2 is 2.00 bits per heavy atom. The molecule has 0 aromatic heterocycles. The topological polar surface area (TPSA) is 84.2 Å². The zero-order valence-corrected chi connectivity index (χ0v) is 7.49. The lowest BCUT2D eigenvalue weighted by molar-refractivity contribution is -0.105. The minimum Gasteiger partial charge on any atom is -0.352 e. The van der Waals surface area contributed by atoms with E-state index in [2.05, 4.69) is 10.6 Å². The maximum atomic E-state index is 10.4. The summed E-state index contributed by atoms with van der Waals surface area (Å²) < 4.78 is 0. The Kier molecular flexibility index (Phi) is 3.49. The number of anilines is 1. The van der Waals surface area contributed by atoms with E-state index in [1.54, 1.807) is 24.3 Å². The molecule has 4 N–H and O–H groups in total. The third-order valence-electron chi connectivity index (χ3n) is 1.65. The van der Waals surface area contributed by atoms with E-state index in [0.717, 1.165) is 5.56 Å². The second-order valence-corrected chi connectivity index (χ2v) is 2.68. The second-order valence-electron chi connectivity index (χ2n) is 2.68. The molecule has 0 aliphatic heterocycles. The van der Waals surface area contributed by atoms with Gasteiger partial charge in [-0.1, -0.05) is 12.1 Å². The molecule has 5 nitrogen and oxygen atoms in total. The summed E-state index contributed by atoms with van der Waals surface area (Å²) in [6.07, 6.45) is 0.608. The first-order chi connectivity index (χ1) is 6.72. The molecule has 1 rings (SSSR count). The van der Waals surface area contributed by atoms with Gasteiger partial charge in [0.15, 0.2) is 0 Å². The lowest BCUT2D eigenvalue weighted by Crippen LogP contribution is -2.28. The molecular weight excluding hydrogens is 182 g/mol. The van der Waals surface area contributed by atoms with Crippen LogP contribution in [0.5, 0.6) is 0 Å². The number of carbonyl (C=O) groups excluding carboxylic acids is 2. The number of carbonyl (C=O) groups is 2. The lowest BCUT2D eigenvalue weighted by Gasteiger charge is -2.03. The van der Waals surface area contributed by atoms with Crippen molar-refractivity contribution in [2.75, 3.05) is 5.32 Å². The molecule has 0 fully saturated rings. The highest BCUT2D eigenvalue weighted by Crippen LogP contribution is 2.07. The third kappa shape index (κ3) is 3.14. The number of hydrogen-bond donors (Lipinski definition) is 3. The van der Waals surface area contributed by atoms with Gasteiger partial charge in [-0.05, 0) is 17.7 Å². The van der Waals surface area contributed by atoms with E-state index in [0.29, 0.717) is 18.6 Å². The van der Waals surface area contributed by atoms with Crippen LogP contribution in [0.25, 0.3) is 0 Å². The fourth-order valence-electron chi connectivity index (χ4n) is 0.976. The molecule has 0 aliphatic rings. The first kappa shape index (κ1) is 10.0. The summed E-state index contributed by atoms with van der Waals surface area (Å²) in [7, 11) is 0. The maximum Gasteiger partial charge on any atom is 0.312 e. The summed E-state index contributed by atoms with van der Waals surface area (Å²) in [5, 5.41) is 4.97. The number of nitrogens with one attached hydrogen (secondary N) is 2. The summed E-state index contributed by atoms with van der Waals surface area (Å²) in [6.45, 7) is 0.386. The number of nitrogens with two attached hydrogens (primary N) is 1. The summed E-state index contributed by atoms with van der Waals surface area (Å²) in [6, 6.07) is 6.52. The monoisotopic (exact) mass is 193 g/mol. The molecule has 3 amide bonds. The van der Waals surface area contributed by atoms with Gasteiger partial charge in [-0.15, -0.1) is 0 Å². The van der Waals surface area contributed by atoms with E-state index in [1.165, 1.54) is 0 Å². The highest BCUT2D eigenvalue weighted by Gasteiger charge is 1.95. The largest absolute Gasteiger partial charge is 0.352 e.